The zero-order valence-corrected chi connectivity index (χ0v) is 19.4. The van der Waals surface area contributed by atoms with Crippen LogP contribution in [0, 0.1) is 11.3 Å². The highest BCUT2D eigenvalue weighted by Gasteiger charge is 2.17. The van der Waals surface area contributed by atoms with E-state index in [2.05, 4.69) is 73.2 Å². The maximum Gasteiger partial charge on any atom is 0.234 e. The Hall–Kier alpha value is -3.37. The first-order valence-electron chi connectivity index (χ1n) is 10.4. The molecule has 0 fully saturated rings. The van der Waals surface area contributed by atoms with E-state index in [9.17, 15) is 4.79 Å². The number of allylic oxidation sites excluding steroid dienone is 1. The molecule has 3 rings (SSSR count). The molecule has 0 radical (unpaired) electrons. The number of nitrogens with zero attached hydrogens (tertiary/aromatic N) is 4. The number of nitriles is 1. The van der Waals surface area contributed by atoms with Crippen LogP contribution >= 0.6 is 11.8 Å². The van der Waals surface area contributed by atoms with Gasteiger partial charge in [0.1, 0.15) is 0 Å². The van der Waals surface area contributed by atoms with Crippen LogP contribution in [-0.2, 0) is 23.2 Å². The van der Waals surface area contributed by atoms with E-state index in [1.54, 1.807) is 18.2 Å². The number of hydrogen-bond acceptors (Lipinski definition) is 5. The van der Waals surface area contributed by atoms with Crippen molar-refractivity contribution in [1.29, 1.82) is 5.26 Å². The van der Waals surface area contributed by atoms with E-state index in [-0.39, 0.29) is 17.1 Å². The molecule has 0 bridgehead atoms. The van der Waals surface area contributed by atoms with Crippen molar-refractivity contribution in [1.82, 2.24) is 14.8 Å². The van der Waals surface area contributed by atoms with Gasteiger partial charge in [-0.25, -0.2) is 0 Å². The van der Waals surface area contributed by atoms with E-state index < -0.39 is 0 Å². The third-order valence-corrected chi connectivity index (χ3v) is 5.86. The van der Waals surface area contributed by atoms with E-state index in [4.69, 9.17) is 5.26 Å². The highest BCUT2D eigenvalue weighted by Crippen LogP contribution is 2.28. The van der Waals surface area contributed by atoms with Gasteiger partial charge in [-0.1, -0.05) is 75.0 Å². The van der Waals surface area contributed by atoms with Gasteiger partial charge >= 0.3 is 0 Å². The summed E-state index contributed by atoms with van der Waals surface area (Å²) in [6.45, 7) is 10.9. The van der Waals surface area contributed by atoms with Gasteiger partial charge in [-0.15, -0.1) is 16.8 Å². The molecule has 0 aliphatic heterocycles. The summed E-state index contributed by atoms with van der Waals surface area (Å²) in [7, 11) is 0. The molecule has 0 aliphatic rings. The summed E-state index contributed by atoms with van der Waals surface area (Å²) in [6.07, 6.45) is 2.15. The van der Waals surface area contributed by atoms with Crippen LogP contribution in [-0.4, -0.2) is 26.4 Å². The van der Waals surface area contributed by atoms with Crippen molar-refractivity contribution < 1.29 is 4.79 Å². The third kappa shape index (κ3) is 5.86. The molecule has 1 N–H and O–H groups in total. The number of nitrogens with one attached hydrogen (secondary N) is 1. The predicted molar refractivity (Wildman–Crippen MR) is 129 cm³/mol. The van der Waals surface area contributed by atoms with Crippen molar-refractivity contribution in [3.05, 3.63) is 72.3 Å². The number of thioether (sulfide) groups is 1. The van der Waals surface area contributed by atoms with Crippen LogP contribution in [0.2, 0.25) is 0 Å². The van der Waals surface area contributed by atoms with Gasteiger partial charge in [-0.3, -0.25) is 9.36 Å². The van der Waals surface area contributed by atoms with E-state index in [0.29, 0.717) is 23.8 Å². The number of aromatic nitrogens is 3. The third-order valence-electron chi connectivity index (χ3n) is 4.89. The Labute approximate surface area is 193 Å². The monoisotopic (exact) mass is 445 g/mol. The number of amides is 1. The van der Waals surface area contributed by atoms with Crippen LogP contribution in [0.25, 0.3) is 11.4 Å². The molecule has 0 saturated heterocycles. The molecule has 0 spiro atoms. The highest BCUT2D eigenvalue weighted by atomic mass is 32.2. The van der Waals surface area contributed by atoms with Crippen LogP contribution in [0.3, 0.4) is 0 Å². The van der Waals surface area contributed by atoms with Crippen LogP contribution < -0.4 is 5.32 Å². The lowest BCUT2D eigenvalue weighted by atomic mass is 9.87. The lowest BCUT2D eigenvalue weighted by Gasteiger charge is -2.19. The van der Waals surface area contributed by atoms with E-state index in [1.165, 1.54) is 17.3 Å². The molecule has 7 heteroatoms. The van der Waals surface area contributed by atoms with E-state index >= 15 is 0 Å². The number of carbonyl (C=O) groups is 1. The van der Waals surface area contributed by atoms with Gasteiger partial charge in [0, 0.05) is 17.8 Å². The van der Waals surface area contributed by atoms with Gasteiger partial charge in [-0.05, 0) is 28.7 Å². The summed E-state index contributed by atoms with van der Waals surface area (Å²) in [4.78, 5) is 12.4. The maximum atomic E-state index is 12.4. The van der Waals surface area contributed by atoms with E-state index in [0.717, 1.165) is 17.0 Å². The number of rotatable bonds is 8. The quantitative estimate of drug-likeness (QED) is 0.379. The Bertz CT molecular complexity index is 1120. The van der Waals surface area contributed by atoms with Crippen molar-refractivity contribution in [2.45, 2.75) is 44.3 Å². The predicted octanol–water partition coefficient (Wildman–Crippen LogP) is 5.23. The van der Waals surface area contributed by atoms with Gasteiger partial charge in [-0.2, -0.15) is 5.26 Å². The maximum absolute atomic E-state index is 12.4. The van der Waals surface area contributed by atoms with E-state index in [1.807, 2.05) is 16.7 Å². The first kappa shape index (κ1) is 23.3. The summed E-state index contributed by atoms with van der Waals surface area (Å²) in [5, 5.41) is 21.0. The lowest BCUT2D eigenvalue weighted by Crippen LogP contribution is -2.14. The SMILES string of the molecule is C=CCn1c(SCC(=O)Nc2ccc(CC#N)cc2)nnc1-c1ccc(C(C)(C)C)cc1. The average Bonchev–Trinajstić information content (AvgIpc) is 3.16. The zero-order chi connectivity index (χ0) is 23.1. The Morgan fingerprint density at radius 1 is 1.16 bits per heavy atom. The van der Waals surface area contributed by atoms with Crippen molar-refractivity contribution in [2.24, 2.45) is 0 Å². The molecule has 1 aromatic heterocycles. The van der Waals surface area contributed by atoms with Crippen molar-refractivity contribution in [3.8, 4) is 17.5 Å². The molecule has 0 aliphatic carbocycles. The fraction of sp³-hybridized carbons (Fsp3) is 0.280. The molecule has 0 unspecified atom stereocenters. The molecular formula is C25H27N5OS. The van der Waals surface area contributed by atoms with Gasteiger partial charge in [0.05, 0.1) is 18.2 Å². The van der Waals surface area contributed by atoms with Gasteiger partial charge in [0.2, 0.25) is 5.91 Å². The van der Waals surface area contributed by atoms with Crippen molar-refractivity contribution in [2.75, 3.05) is 11.1 Å². The molecule has 32 heavy (non-hydrogen) atoms. The second-order valence-corrected chi connectivity index (χ2v) is 9.34. The minimum absolute atomic E-state index is 0.0811. The minimum Gasteiger partial charge on any atom is -0.325 e. The topological polar surface area (TPSA) is 83.6 Å². The normalized spacial score (nSPS) is 11.1. The summed E-state index contributed by atoms with van der Waals surface area (Å²) >= 11 is 1.34. The number of carbonyl (C=O) groups excluding carboxylic acids is 1. The first-order valence-corrected chi connectivity index (χ1v) is 11.3. The Kier molecular flexibility index (Phi) is 7.49. The van der Waals surface area contributed by atoms with Crippen LogP contribution in [0.15, 0.2) is 66.3 Å². The summed E-state index contributed by atoms with van der Waals surface area (Å²) in [6, 6.07) is 17.7. The smallest absolute Gasteiger partial charge is 0.234 e. The molecule has 0 saturated carbocycles. The lowest BCUT2D eigenvalue weighted by molar-refractivity contribution is -0.113. The summed E-state index contributed by atoms with van der Waals surface area (Å²) in [5.41, 5.74) is 3.92. The van der Waals surface area contributed by atoms with Gasteiger partial charge in [0.25, 0.3) is 0 Å². The fourth-order valence-electron chi connectivity index (χ4n) is 3.15. The molecule has 2 aromatic carbocycles. The first-order chi connectivity index (χ1) is 15.3. The molecular weight excluding hydrogens is 418 g/mol. The molecule has 1 heterocycles. The Balaban J connectivity index is 1.69. The number of hydrogen-bond donors (Lipinski definition) is 1. The number of benzene rings is 2. The highest BCUT2D eigenvalue weighted by molar-refractivity contribution is 7.99. The molecule has 1 amide bonds. The fourth-order valence-corrected chi connectivity index (χ4v) is 3.89. The second-order valence-electron chi connectivity index (χ2n) is 8.40. The molecule has 6 nitrogen and oxygen atoms in total. The zero-order valence-electron chi connectivity index (χ0n) is 18.6. The standard InChI is InChI=1S/C25H27N5OS/c1-5-16-30-23(19-8-10-20(11-9-19)25(2,3)4)28-29-24(30)32-17-22(31)27-21-12-6-18(7-13-21)14-15-26/h5-13H,1,14,16-17H2,2-4H3,(H,27,31). The van der Waals surface area contributed by atoms with Crippen LogP contribution in [0.5, 0.6) is 0 Å². The molecule has 0 atom stereocenters. The molecule has 164 valence electrons. The van der Waals surface area contributed by atoms with Crippen LogP contribution in [0.4, 0.5) is 5.69 Å². The summed E-state index contributed by atoms with van der Waals surface area (Å²) in [5.74, 6) is 0.826. The minimum atomic E-state index is -0.132. The molecule has 3 aromatic rings. The van der Waals surface area contributed by atoms with Crippen molar-refractivity contribution >= 4 is 23.4 Å². The largest absolute Gasteiger partial charge is 0.325 e. The Morgan fingerprint density at radius 2 is 1.84 bits per heavy atom. The van der Waals surface area contributed by atoms with Gasteiger partial charge in [0.15, 0.2) is 11.0 Å². The summed E-state index contributed by atoms with van der Waals surface area (Å²) < 4.78 is 1.97. The number of anilines is 1. The average molecular weight is 446 g/mol. The second kappa shape index (κ2) is 10.3. The van der Waals surface area contributed by atoms with Gasteiger partial charge < -0.3 is 5.32 Å². The van der Waals surface area contributed by atoms with Crippen LogP contribution in [0.1, 0.15) is 31.9 Å². The van der Waals surface area contributed by atoms with Crippen molar-refractivity contribution in [3.63, 3.8) is 0 Å². The Morgan fingerprint density at radius 3 is 2.44 bits per heavy atom.